The van der Waals surface area contributed by atoms with Crippen LogP contribution in [0.3, 0.4) is 0 Å². The Bertz CT molecular complexity index is 1550. The Morgan fingerprint density at radius 2 is 1.62 bits per heavy atom. The lowest BCUT2D eigenvalue weighted by Crippen LogP contribution is -2.54. The van der Waals surface area contributed by atoms with Crippen molar-refractivity contribution >= 4 is 55.1 Å². The van der Waals surface area contributed by atoms with Crippen molar-refractivity contribution in [3.63, 3.8) is 0 Å². The van der Waals surface area contributed by atoms with Gasteiger partial charge in [0.2, 0.25) is 11.8 Å². The van der Waals surface area contributed by atoms with Gasteiger partial charge >= 0.3 is 6.18 Å². The number of benzene rings is 3. The Morgan fingerprint density at radius 1 is 0.976 bits per heavy atom. The summed E-state index contributed by atoms with van der Waals surface area (Å²) >= 11 is 9.17. The molecule has 0 saturated heterocycles. The summed E-state index contributed by atoms with van der Waals surface area (Å²) in [5.41, 5.74) is -1.67. The highest BCUT2D eigenvalue weighted by Crippen LogP contribution is 2.38. The topological polar surface area (TPSA) is 86.8 Å². The third kappa shape index (κ3) is 8.48. The molecule has 3 aromatic carbocycles. The first kappa shape index (κ1) is 33.4. The van der Waals surface area contributed by atoms with E-state index in [9.17, 15) is 31.2 Å². The number of carbonyl (C=O) groups excluding carboxylic acids is 2. The molecule has 3 rings (SSSR count). The Hall–Kier alpha value is -3.09. The van der Waals surface area contributed by atoms with Gasteiger partial charge in [-0.05, 0) is 75.7 Å². The van der Waals surface area contributed by atoms with E-state index in [-0.39, 0.29) is 11.4 Å². The van der Waals surface area contributed by atoms with Crippen molar-refractivity contribution in [2.75, 3.05) is 10.8 Å². The molecule has 0 aliphatic rings. The van der Waals surface area contributed by atoms with Crippen LogP contribution in [0.1, 0.15) is 38.8 Å². The molecule has 0 aromatic heterocycles. The smallest absolute Gasteiger partial charge is 0.350 e. The molecule has 1 atom stereocenters. The predicted molar refractivity (Wildman–Crippen MR) is 159 cm³/mol. The Kier molecular flexibility index (Phi) is 10.4. The number of nitrogens with one attached hydrogen (secondary N) is 1. The SMILES string of the molecule is C[C@H](C(=O)NC(C)(C)C)N(Cc1cccc(Br)c1)C(=O)CN(c1ccc(Cl)c(C(F)(F)F)c1)S(=O)(=O)c1ccccc1. The molecule has 0 aliphatic heterocycles. The van der Waals surface area contributed by atoms with E-state index in [1.807, 2.05) is 0 Å². The Balaban J connectivity index is 2.12. The van der Waals surface area contributed by atoms with Crippen LogP contribution >= 0.6 is 27.5 Å². The van der Waals surface area contributed by atoms with Crippen molar-refractivity contribution in [1.29, 1.82) is 0 Å². The number of sulfonamides is 1. The third-order valence-electron chi connectivity index (χ3n) is 6.06. The highest BCUT2D eigenvalue weighted by Gasteiger charge is 2.37. The molecule has 3 aromatic rings. The predicted octanol–water partition coefficient (Wildman–Crippen LogP) is 6.65. The summed E-state index contributed by atoms with van der Waals surface area (Å²) in [6.07, 6.45) is -4.88. The van der Waals surface area contributed by atoms with Crippen molar-refractivity contribution < 1.29 is 31.2 Å². The molecule has 226 valence electrons. The summed E-state index contributed by atoms with van der Waals surface area (Å²) in [6.45, 7) is 5.83. The Morgan fingerprint density at radius 3 is 2.19 bits per heavy atom. The van der Waals surface area contributed by atoms with Crippen LogP contribution in [0.15, 0.2) is 82.2 Å². The molecule has 0 fully saturated rings. The second-order valence-corrected chi connectivity index (χ2v) is 13.7. The monoisotopic (exact) mass is 687 g/mol. The molecule has 0 spiro atoms. The Labute approximate surface area is 256 Å². The van der Waals surface area contributed by atoms with Gasteiger partial charge in [0, 0.05) is 16.6 Å². The fraction of sp³-hybridized carbons (Fsp3) is 0.310. The molecule has 1 N–H and O–H groups in total. The van der Waals surface area contributed by atoms with E-state index in [0.29, 0.717) is 20.4 Å². The van der Waals surface area contributed by atoms with Gasteiger partial charge in [0.05, 0.1) is 21.2 Å². The van der Waals surface area contributed by atoms with Crippen molar-refractivity contribution in [2.45, 2.75) is 56.9 Å². The van der Waals surface area contributed by atoms with E-state index in [1.54, 1.807) is 51.1 Å². The van der Waals surface area contributed by atoms with E-state index in [4.69, 9.17) is 11.6 Å². The molecule has 7 nitrogen and oxygen atoms in total. The number of amides is 2. The minimum absolute atomic E-state index is 0.0787. The molecular formula is C29H30BrClF3N3O4S. The van der Waals surface area contributed by atoms with Gasteiger partial charge in [-0.2, -0.15) is 13.2 Å². The number of hydrogen-bond acceptors (Lipinski definition) is 4. The van der Waals surface area contributed by atoms with Gasteiger partial charge in [-0.3, -0.25) is 13.9 Å². The van der Waals surface area contributed by atoms with Gasteiger partial charge in [-0.1, -0.05) is 57.9 Å². The van der Waals surface area contributed by atoms with Crippen LogP contribution in [0.2, 0.25) is 5.02 Å². The minimum Gasteiger partial charge on any atom is -0.350 e. The molecule has 0 radical (unpaired) electrons. The third-order valence-corrected chi connectivity index (χ3v) is 8.67. The summed E-state index contributed by atoms with van der Waals surface area (Å²) in [7, 11) is -4.54. The van der Waals surface area contributed by atoms with E-state index < -0.39 is 62.4 Å². The van der Waals surface area contributed by atoms with Gasteiger partial charge < -0.3 is 10.2 Å². The fourth-order valence-corrected chi connectivity index (χ4v) is 6.12. The highest BCUT2D eigenvalue weighted by molar-refractivity contribution is 9.10. The van der Waals surface area contributed by atoms with Crippen LogP contribution in [0.25, 0.3) is 0 Å². The quantitative estimate of drug-likeness (QED) is 0.273. The summed E-state index contributed by atoms with van der Waals surface area (Å²) in [5.74, 6) is -1.30. The lowest BCUT2D eigenvalue weighted by Gasteiger charge is -2.33. The fourth-order valence-electron chi connectivity index (χ4n) is 4.02. The molecule has 0 heterocycles. The van der Waals surface area contributed by atoms with Crippen molar-refractivity contribution in [1.82, 2.24) is 10.2 Å². The molecule has 2 amide bonds. The molecule has 0 bridgehead atoms. The normalized spacial score (nSPS) is 12.9. The second-order valence-electron chi connectivity index (χ2n) is 10.6. The number of hydrogen-bond donors (Lipinski definition) is 1. The first-order chi connectivity index (χ1) is 19.4. The summed E-state index contributed by atoms with van der Waals surface area (Å²) in [4.78, 5) is 28.0. The first-order valence-corrected chi connectivity index (χ1v) is 15.3. The zero-order chi connectivity index (χ0) is 31.5. The molecule has 0 saturated carbocycles. The lowest BCUT2D eigenvalue weighted by atomic mass is 10.1. The van der Waals surface area contributed by atoms with Crippen LogP contribution in [-0.4, -0.2) is 43.3 Å². The van der Waals surface area contributed by atoms with Gasteiger partial charge in [0.1, 0.15) is 12.6 Å². The van der Waals surface area contributed by atoms with Crippen LogP contribution in [-0.2, 0) is 32.3 Å². The van der Waals surface area contributed by atoms with E-state index in [2.05, 4.69) is 21.2 Å². The van der Waals surface area contributed by atoms with Crippen molar-refractivity contribution in [3.8, 4) is 0 Å². The first-order valence-electron chi connectivity index (χ1n) is 12.7. The zero-order valence-electron chi connectivity index (χ0n) is 23.2. The summed E-state index contributed by atoms with van der Waals surface area (Å²) in [5, 5.41) is 2.18. The number of alkyl halides is 3. The van der Waals surface area contributed by atoms with E-state index in [1.165, 1.54) is 36.1 Å². The van der Waals surface area contributed by atoms with Crippen LogP contribution in [0, 0.1) is 0 Å². The van der Waals surface area contributed by atoms with Crippen LogP contribution < -0.4 is 9.62 Å². The highest BCUT2D eigenvalue weighted by atomic mass is 79.9. The number of nitrogens with zero attached hydrogens (tertiary/aromatic N) is 2. The molecule has 42 heavy (non-hydrogen) atoms. The summed E-state index contributed by atoms with van der Waals surface area (Å²) in [6, 6.07) is 15.6. The number of halogens is 5. The van der Waals surface area contributed by atoms with Gasteiger partial charge in [-0.15, -0.1) is 0 Å². The standard InChI is InChI=1S/C29H30BrClF3N3O4S/c1-19(27(39)35-28(2,3)4)36(17-20-9-8-10-21(30)15-20)26(38)18-37(42(40,41)23-11-6-5-7-12-23)22-13-14-25(31)24(16-22)29(32,33)34/h5-16,19H,17-18H2,1-4H3,(H,35,39)/t19-/m1/s1. The zero-order valence-corrected chi connectivity index (χ0v) is 26.4. The average Bonchev–Trinajstić information content (AvgIpc) is 2.89. The number of rotatable bonds is 9. The molecule has 13 heteroatoms. The molecular weight excluding hydrogens is 659 g/mol. The van der Waals surface area contributed by atoms with Gasteiger partial charge in [0.15, 0.2) is 0 Å². The lowest BCUT2D eigenvalue weighted by molar-refractivity contribution is -0.140. The minimum atomic E-state index is -4.88. The maximum Gasteiger partial charge on any atom is 0.417 e. The van der Waals surface area contributed by atoms with Gasteiger partial charge in [0.25, 0.3) is 10.0 Å². The molecule has 0 unspecified atom stereocenters. The maximum atomic E-state index is 13.9. The van der Waals surface area contributed by atoms with Crippen LogP contribution in [0.5, 0.6) is 0 Å². The van der Waals surface area contributed by atoms with E-state index >= 15 is 0 Å². The largest absolute Gasteiger partial charge is 0.417 e. The maximum absolute atomic E-state index is 13.9. The van der Waals surface area contributed by atoms with Crippen LogP contribution in [0.4, 0.5) is 18.9 Å². The van der Waals surface area contributed by atoms with E-state index in [0.717, 1.165) is 12.1 Å². The van der Waals surface area contributed by atoms with Crippen molar-refractivity contribution in [2.24, 2.45) is 0 Å². The van der Waals surface area contributed by atoms with Crippen molar-refractivity contribution in [3.05, 3.63) is 93.4 Å². The number of anilines is 1. The van der Waals surface area contributed by atoms with Gasteiger partial charge in [-0.25, -0.2) is 8.42 Å². The average molecular weight is 689 g/mol. The number of carbonyl (C=O) groups is 2. The summed E-state index contributed by atoms with van der Waals surface area (Å²) < 4.78 is 70.1. The molecule has 0 aliphatic carbocycles. The second kappa shape index (κ2) is 13.0.